The molecule has 0 spiro atoms. The summed E-state index contributed by atoms with van der Waals surface area (Å²) in [6.07, 6.45) is 4.56. The first kappa shape index (κ1) is 18.8. The fourth-order valence-corrected chi connectivity index (χ4v) is 3.05. The van der Waals surface area contributed by atoms with E-state index in [-0.39, 0.29) is 30.1 Å². The topological polar surface area (TPSA) is 84.4 Å². The number of carbonyl (C=O) groups excluding carboxylic acids is 2. The number of ether oxygens (including phenoxy) is 1. The third-order valence-corrected chi connectivity index (χ3v) is 4.42. The lowest BCUT2D eigenvalue weighted by Crippen LogP contribution is -2.43. The normalized spacial score (nSPS) is 14.7. The van der Waals surface area contributed by atoms with Crippen molar-refractivity contribution >= 4 is 11.8 Å². The Bertz CT molecular complexity index is 822. The summed E-state index contributed by atoms with van der Waals surface area (Å²) in [5.41, 5.74) is 0.704. The SMILES string of the molecule is CC(=O)NCC(=O)N1CCC(c2nccnc2Oc2cccc(F)c2)CC1. The molecule has 1 aliphatic heterocycles. The van der Waals surface area contributed by atoms with Gasteiger partial charge in [0.2, 0.25) is 17.7 Å². The van der Waals surface area contributed by atoms with E-state index in [1.54, 1.807) is 23.2 Å². The molecule has 27 heavy (non-hydrogen) atoms. The van der Waals surface area contributed by atoms with Crippen LogP contribution < -0.4 is 10.1 Å². The Labute approximate surface area is 156 Å². The minimum atomic E-state index is -0.385. The third kappa shape index (κ3) is 4.99. The summed E-state index contributed by atoms with van der Waals surface area (Å²) in [5.74, 6) is 0.0952. The van der Waals surface area contributed by atoms with Gasteiger partial charge in [0.05, 0.1) is 6.54 Å². The molecular weight excluding hydrogens is 351 g/mol. The molecule has 142 valence electrons. The lowest BCUT2D eigenvalue weighted by atomic mass is 9.93. The fraction of sp³-hybridized carbons (Fsp3) is 0.368. The predicted molar refractivity (Wildman–Crippen MR) is 95.7 cm³/mol. The van der Waals surface area contributed by atoms with Crippen LogP contribution in [0, 0.1) is 5.82 Å². The highest BCUT2D eigenvalue weighted by molar-refractivity contribution is 5.83. The van der Waals surface area contributed by atoms with E-state index in [2.05, 4.69) is 15.3 Å². The van der Waals surface area contributed by atoms with Gasteiger partial charge in [-0.05, 0) is 25.0 Å². The van der Waals surface area contributed by atoms with E-state index in [0.717, 1.165) is 0 Å². The summed E-state index contributed by atoms with van der Waals surface area (Å²) in [4.78, 5) is 33.4. The van der Waals surface area contributed by atoms with Crippen LogP contribution in [0.15, 0.2) is 36.7 Å². The third-order valence-electron chi connectivity index (χ3n) is 4.42. The van der Waals surface area contributed by atoms with E-state index in [4.69, 9.17) is 4.74 Å². The van der Waals surface area contributed by atoms with E-state index in [0.29, 0.717) is 43.3 Å². The molecule has 1 aromatic heterocycles. The molecule has 2 heterocycles. The van der Waals surface area contributed by atoms with Crippen LogP contribution in [-0.4, -0.2) is 46.3 Å². The standard InChI is InChI=1S/C19H21FN4O3/c1-13(25)23-12-17(26)24-9-5-14(6-10-24)18-19(22-8-7-21-18)27-16-4-2-3-15(20)11-16/h2-4,7-8,11,14H,5-6,9-10,12H2,1H3,(H,23,25). The first-order chi connectivity index (χ1) is 13.0. The van der Waals surface area contributed by atoms with Gasteiger partial charge in [0.1, 0.15) is 17.3 Å². The van der Waals surface area contributed by atoms with Crippen molar-refractivity contribution in [3.63, 3.8) is 0 Å². The van der Waals surface area contributed by atoms with Crippen LogP contribution in [-0.2, 0) is 9.59 Å². The Kier molecular flexibility index (Phi) is 5.95. The number of piperidine rings is 1. The van der Waals surface area contributed by atoms with Crippen molar-refractivity contribution < 1.29 is 18.7 Å². The molecule has 2 aromatic rings. The minimum absolute atomic E-state index is 0.0130. The Morgan fingerprint density at radius 1 is 1.26 bits per heavy atom. The molecule has 3 rings (SSSR count). The van der Waals surface area contributed by atoms with Crippen molar-refractivity contribution in [3.8, 4) is 11.6 Å². The van der Waals surface area contributed by atoms with Crippen molar-refractivity contribution in [1.29, 1.82) is 0 Å². The highest BCUT2D eigenvalue weighted by Crippen LogP contribution is 2.33. The molecule has 0 atom stereocenters. The lowest BCUT2D eigenvalue weighted by Gasteiger charge is -2.32. The van der Waals surface area contributed by atoms with Crippen LogP contribution >= 0.6 is 0 Å². The number of carbonyl (C=O) groups is 2. The number of benzene rings is 1. The van der Waals surface area contributed by atoms with Gasteiger partial charge < -0.3 is 15.0 Å². The van der Waals surface area contributed by atoms with Gasteiger partial charge in [-0.15, -0.1) is 0 Å². The number of halogens is 1. The first-order valence-electron chi connectivity index (χ1n) is 8.79. The molecule has 8 heteroatoms. The number of aromatic nitrogens is 2. The second-order valence-electron chi connectivity index (χ2n) is 6.37. The number of nitrogens with zero attached hydrogens (tertiary/aromatic N) is 3. The van der Waals surface area contributed by atoms with Crippen molar-refractivity contribution in [3.05, 3.63) is 48.2 Å². The average Bonchev–Trinajstić information content (AvgIpc) is 2.67. The summed E-state index contributed by atoms with van der Waals surface area (Å²) < 4.78 is 19.1. The van der Waals surface area contributed by atoms with Crippen molar-refractivity contribution in [2.45, 2.75) is 25.7 Å². The summed E-state index contributed by atoms with van der Waals surface area (Å²) in [6, 6.07) is 5.87. The Balaban J connectivity index is 1.64. The van der Waals surface area contributed by atoms with Gasteiger partial charge in [-0.2, -0.15) is 0 Å². The number of amides is 2. The zero-order valence-electron chi connectivity index (χ0n) is 15.0. The maximum atomic E-state index is 13.4. The molecule has 0 unspecified atom stereocenters. The van der Waals surface area contributed by atoms with E-state index in [1.165, 1.54) is 25.3 Å². The maximum absolute atomic E-state index is 13.4. The Hall–Kier alpha value is -3.03. The lowest BCUT2D eigenvalue weighted by molar-refractivity contribution is -0.133. The predicted octanol–water partition coefficient (Wildman–Crippen LogP) is 2.25. The fourth-order valence-electron chi connectivity index (χ4n) is 3.05. The zero-order chi connectivity index (χ0) is 19.2. The van der Waals surface area contributed by atoms with Gasteiger partial charge in [-0.3, -0.25) is 14.6 Å². The van der Waals surface area contributed by atoms with E-state index in [1.807, 2.05) is 0 Å². The van der Waals surface area contributed by atoms with Crippen molar-refractivity contribution in [1.82, 2.24) is 20.2 Å². The first-order valence-corrected chi connectivity index (χ1v) is 8.79. The number of rotatable bonds is 5. The summed E-state index contributed by atoms with van der Waals surface area (Å²) >= 11 is 0. The van der Waals surface area contributed by atoms with E-state index < -0.39 is 0 Å². The molecule has 0 aliphatic carbocycles. The smallest absolute Gasteiger partial charge is 0.241 e. The molecule has 1 aliphatic rings. The number of hydrogen-bond acceptors (Lipinski definition) is 5. The van der Waals surface area contributed by atoms with Crippen LogP contribution in [0.3, 0.4) is 0 Å². The van der Waals surface area contributed by atoms with Gasteiger partial charge in [0, 0.05) is 44.4 Å². The molecule has 0 saturated carbocycles. The molecular formula is C19H21FN4O3. The van der Waals surface area contributed by atoms with Crippen LogP contribution in [0.1, 0.15) is 31.4 Å². The van der Waals surface area contributed by atoms with E-state index >= 15 is 0 Å². The molecule has 1 N–H and O–H groups in total. The van der Waals surface area contributed by atoms with Crippen molar-refractivity contribution in [2.24, 2.45) is 0 Å². The number of hydrogen-bond donors (Lipinski definition) is 1. The van der Waals surface area contributed by atoms with Gasteiger partial charge in [0.15, 0.2) is 0 Å². The molecule has 1 fully saturated rings. The van der Waals surface area contributed by atoms with Crippen LogP contribution in [0.4, 0.5) is 4.39 Å². The summed E-state index contributed by atoms with van der Waals surface area (Å²) in [7, 11) is 0. The van der Waals surface area contributed by atoms with Gasteiger partial charge in [-0.1, -0.05) is 6.07 Å². The van der Waals surface area contributed by atoms with Crippen LogP contribution in [0.25, 0.3) is 0 Å². The van der Waals surface area contributed by atoms with Crippen LogP contribution in [0.2, 0.25) is 0 Å². The van der Waals surface area contributed by atoms with Gasteiger partial charge in [-0.25, -0.2) is 9.37 Å². The zero-order valence-corrected chi connectivity index (χ0v) is 15.0. The summed E-state index contributed by atoms with van der Waals surface area (Å²) in [6.45, 7) is 2.53. The minimum Gasteiger partial charge on any atom is -0.437 e. The largest absolute Gasteiger partial charge is 0.437 e. The molecule has 2 amide bonds. The molecule has 0 bridgehead atoms. The molecule has 1 aromatic carbocycles. The average molecular weight is 372 g/mol. The highest BCUT2D eigenvalue weighted by atomic mass is 19.1. The summed E-state index contributed by atoms with van der Waals surface area (Å²) in [5, 5.41) is 2.52. The maximum Gasteiger partial charge on any atom is 0.241 e. The highest BCUT2D eigenvalue weighted by Gasteiger charge is 2.27. The monoisotopic (exact) mass is 372 g/mol. The Morgan fingerprint density at radius 2 is 2.00 bits per heavy atom. The number of likely N-dealkylation sites (tertiary alicyclic amines) is 1. The van der Waals surface area contributed by atoms with Gasteiger partial charge >= 0.3 is 0 Å². The number of nitrogens with one attached hydrogen (secondary N) is 1. The molecule has 7 nitrogen and oxygen atoms in total. The second kappa shape index (κ2) is 8.57. The van der Waals surface area contributed by atoms with Crippen LogP contribution in [0.5, 0.6) is 11.6 Å². The van der Waals surface area contributed by atoms with E-state index in [9.17, 15) is 14.0 Å². The molecule has 0 radical (unpaired) electrons. The molecule has 1 saturated heterocycles. The van der Waals surface area contributed by atoms with Crippen molar-refractivity contribution in [2.75, 3.05) is 19.6 Å². The van der Waals surface area contributed by atoms with Gasteiger partial charge in [0.25, 0.3) is 0 Å². The second-order valence-corrected chi connectivity index (χ2v) is 6.37. The Morgan fingerprint density at radius 3 is 2.70 bits per heavy atom. The quantitative estimate of drug-likeness (QED) is 0.870.